The number of aryl methyl sites for hydroxylation is 1. The van der Waals surface area contributed by atoms with Crippen LogP contribution in [0.5, 0.6) is 0 Å². The van der Waals surface area contributed by atoms with Crippen LogP contribution in [0.1, 0.15) is 35.4 Å². The number of benzene rings is 1. The molecule has 1 unspecified atom stereocenters. The van der Waals surface area contributed by atoms with Crippen LogP contribution in [-0.4, -0.2) is 6.54 Å². The fourth-order valence-corrected chi connectivity index (χ4v) is 4.54. The summed E-state index contributed by atoms with van der Waals surface area (Å²) >= 11 is 3.70. The molecule has 3 rings (SSSR count). The molecular formula is C17H19NS2. The molecule has 0 aliphatic rings. The van der Waals surface area contributed by atoms with Gasteiger partial charge in [-0.25, -0.2) is 0 Å². The number of hydrogen-bond donors (Lipinski definition) is 1. The fraction of sp³-hybridized carbons (Fsp3) is 0.294. The molecule has 0 fully saturated rings. The maximum atomic E-state index is 3.72. The highest BCUT2D eigenvalue weighted by Crippen LogP contribution is 2.36. The zero-order valence-electron chi connectivity index (χ0n) is 11.8. The molecule has 0 bridgehead atoms. The summed E-state index contributed by atoms with van der Waals surface area (Å²) < 4.78 is 1.38. The monoisotopic (exact) mass is 301 g/mol. The minimum Gasteiger partial charge on any atom is -0.306 e. The highest BCUT2D eigenvalue weighted by molar-refractivity contribution is 7.17. The van der Waals surface area contributed by atoms with E-state index in [1.807, 2.05) is 22.7 Å². The van der Waals surface area contributed by atoms with Crippen molar-refractivity contribution < 1.29 is 0 Å². The van der Waals surface area contributed by atoms with Gasteiger partial charge in [0.1, 0.15) is 0 Å². The first-order valence-electron chi connectivity index (χ1n) is 7.04. The lowest BCUT2D eigenvalue weighted by molar-refractivity contribution is 0.608. The first-order valence-corrected chi connectivity index (χ1v) is 8.80. The van der Waals surface area contributed by atoms with Crippen LogP contribution >= 0.6 is 22.7 Å². The third-order valence-corrected chi connectivity index (χ3v) is 5.65. The molecular weight excluding hydrogens is 282 g/mol. The summed E-state index contributed by atoms with van der Waals surface area (Å²) in [5.74, 6) is 0. The maximum Gasteiger partial charge on any atom is 0.0687 e. The van der Waals surface area contributed by atoms with Crippen LogP contribution < -0.4 is 5.32 Å². The van der Waals surface area contributed by atoms with Gasteiger partial charge in [-0.3, -0.25) is 0 Å². The van der Waals surface area contributed by atoms with Crippen LogP contribution in [0.2, 0.25) is 0 Å². The Kier molecular flexibility index (Phi) is 4.20. The van der Waals surface area contributed by atoms with E-state index in [1.165, 1.54) is 26.1 Å². The average Bonchev–Trinajstić information content (AvgIpc) is 3.07. The predicted molar refractivity (Wildman–Crippen MR) is 91.0 cm³/mol. The van der Waals surface area contributed by atoms with Gasteiger partial charge in [0.25, 0.3) is 0 Å². The number of thiophene rings is 2. The largest absolute Gasteiger partial charge is 0.306 e. The first kappa shape index (κ1) is 13.8. The van der Waals surface area contributed by atoms with E-state index in [1.54, 1.807) is 0 Å². The van der Waals surface area contributed by atoms with Gasteiger partial charge >= 0.3 is 0 Å². The molecule has 104 valence electrons. The van der Waals surface area contributed by atoms with E-state index in [4.69, 9.17) is 0 Å². The Morgan fingerprint density at radius 1 is 1.15 bits per heavy atom. The Balaban J connectivity index is 2.07. The van der Waals surface area contributed by atoms with E-state index < -0.39 is 0 Å². The van der Waals surface area contributed by atoms with Crippen LogP contribution in [0.4, 0.5) is 0 Å². The lowest BCUT2D eigenvalue weighted by atomic mass is 10.0. The average molecular weight is 301 g/mol. The molecule has 0 saturated heterocycles. The molecule has 1 aromatic carbocycles. The zero-order chi connectivity index (χ0) is 13.9. The molecule has 3 aromatic rings. The summed E-state index contributed by atoms with van der Waals surface area (Å²) in [4.78, 5) is 1.45. The van der Waals surface area contributed by atoms with E-state index >= 15 is 0 Å². The van der Waals surface area contributed by atoms with E-state index in [0.29, 0.717) is 6.04 Å². The third kappa shape index (κ3) is 2.53. The van der Waals surface area contributed by atoms with Crippen molar-refractivity contribution >= 4 is 32.8 Å². The second kappa shape index (κ2) is 6.08. The molecule has 3 heteroatoms. The Bertz CT molecular complexity index is 696. The maximum absolute atomic E-state index is 3.72. The molecule has 0 amide bonds. The van der Waals surface area contributed by atoms with Crippen LogP contribution in [0, 0.1) is 6.92 Å². The van der Waals surface area contributed by atoms with E-state index in [2.05, 4.69) is 60.3 Å². The van der Waals surface area contributed by atoms with Gasteiger partial charge < -0.3 is 5.32 Å². The van der Waals surface area contributed by atoms with Gasteiger partial charge in [0, 0.05) is 9.58 Å². The van der Waals surface area contributed by atoms with Crippen molar-refractivity contribution in [2.75, 3.05) is 6.54 Å². The van der Waals surface area contributed by atoms with Gasteiger partial charge in [0.15, 0.2) is 0 Å². The molecule has 1 N–H and O–H groups in total. The quantitative estimate of drug-likeness (QED) is 0.669. The highest BCUT2D eigenvalue weighted by atomic mass is 32.1. The summed E-state index contributed by atoms with van der Waals surface area (Å²) in [5, 5.41) is 9.62. The van der Waals surface area contributed by atoms with Crippen molar-refractivity contribution in [2.24, 2.45) is 0 Å². The Morgan fingerprint density at radius 2 is 2.00 bits per heavy atom. The third-order valence-electron chi connectivity index (χ3n) is 3.58. The van der Waals surface area contributed by atoms with E-state index in [-0.39, 0.29) is 0 Å². The number of fused-ring (bicyclic) bond motifs is 1. The smallest absolute Gasteiger partial charge is 0.0687 e. The minimum absolute atomic E-state index is 0.325. The number of rotatable bonds is 5. The number of nitrogens with one attached hydrogen (secondary N) is 1. The molecule has 2 heterocycles. The molecule has 0 radical (unpaired) electrons. The summed E-state index contributed by atoms with van der Waals surface area (Å²) in [6.45, 7) is 5.48. The first-order chi connectivity index (χ1) is 9.81. The summed E-state index contributed by atoms with van der Waals surface area (Å²) in [5.41, 5.74) is 2.81. The van der Waals surface area contributed by atoms with Crippen molar-refractivity contribution in [3.8, 4) is 0 Å². The van der Waals surface area contributed by atoms with Crippen molar-refractivity contribution in [2.45, 2.75) is 26.3 Å². The topological polar surface area (TPSA) is 12.0 Å². The molecule has 0 saturated carbocycles. The van der Waals surface area contributed by atoms with Gasteiger partial charge in [-0.05, 0) is 59.3 Å². The SMILES string of the molecule is CCCNC(c1sccc1C)c1csc2ccccc12. The van der Waals surface area contributed by atoms with Gasteiger partial charge in [0.05, 0.1) is 6.04 Å². The second-order valence-electron chi connectivity index (χ2n) is 5.04. The van der Waals surface area contributed by atoms with Crippen molar-refractivity contribution in [3.05, 3.63) is 57.1 Å². The second-order valence-corrected chi connectivity index (χ2v) is 6.90. The molecule has 0 aliphatic heterocycles. The summed E-state index contributed by atoms with van der Waals surface area (Å²) in [7, 11) is 0. The van der Waals surface area contributed by atoms with Gasteiger partial charge in [0.2, 0.25) is 0 Å². The van der Waals surface area contributed by atoms with Crippen molar-refractivity contribution in [1.29, 1.82) is 0 Å². The Labute approximate surface area is 128 Å². The van der Waals surface area contributed by atoms with Gasteiger partial charge in [-0.2, -0.15) is 0 Å². The van der Waals surface area contributed by atoms with E-state index in [0.717, 1.165) is 13.0 Å². The van der Waals surface area contributed by atoms with Crippen LogP contribution in [0.15, 0.2) is 41.1 Å². The molecule has 1 atom stereocenters. The van der Waals surface area contributed by atoms with Crippen LogP contribution in [-0.2, 0) is 0 Å². The molecule has 2 aromatic heterocycles. The zero-order valence-corrected chi connectivity index (χ0v) is 13.5. The number of hydrogen-bond acceptors (Lipinski definition) is 3. The van der Waals surface area contributed by atoms with Gasteiger partial charge in [-0.1, -0.05) is 25.1 Å². The molecule has 20 heavy (non-hydrogen) atoms. The lowest BCUT2D eigenvalue weighted by Gasteiger charge is -2.18. The lowest BCUT2D eigenvalue weighted by Crippen LogP contribution is -2.22. The molecule has 0 aliphatic carbocycles. The summed E-state index contributed by atoms with van der Waals surface area (Å²) in [6.07, 6.45) is 1.16. The Hall–Kier alpha value is -1.16. The Morgan fingerprint density at radius 3 is 2.75 bits per heavy atom. The van der Waals surface area contributed by atoms with Crippen LogP contribution in [0.25, 0.3) is 10.1 Å². The van der Waals surface area contributed by atoms with Crippen molar-refractivity contribution in [3.63, 3.8) is 0 Å². The summed E-state index contributed by atoms with van der Waals surface area (Å²) in [6, 6.07) is 11.2. The van der Waals surface area contributed by atoms with Crippen molar-refractivity contribution in [1.82, 2.24) is 5.32 Å². The van der Waals surface area contributed by atoms with Crippen LogP contribution in [0.3, 0.4) is 0 Å². The standard InChI is InChI=1S/C17H19NS2/c1-3-9-18-16(17-12(2)8-10-19-17)14-11-20-15-7-5-4-6-13(14)15/h4-8,10-11,16,18H,3,9H2,1-2H3. The van der Waals surface area contributed by atoms with Gasteiger partial charge in [-0.15, -0.1) is 22.7 Å². The fourth-order valence-electron chi connectivity index (χ4n) is 2.53. The minimum atomic E-state index is 0.325. The van der Waals surface area contributed by atoms with E-state index in [9.17, 15) is 0 Å². The molecule has 1 nitrogen and oxygen atoms in total. The predicted octanol–water partition coefficient (Wildman–Crippen LogP) is 5.36. The molecule has 0 spiro atoms. The highest BCUT2D eigenvalue weighted by Gasteiger charge is 2.19. The normalized spacial score (nSPS) is 12.9.